The van der Waals surface area contributed by atoms with Crippen LogP contribution in [-0.2, 0) is 11.2 Å². The van der Waals surface area contributed by atoms with Crippen LogP contribution in [0.3, 0.4) is 0 Å². The molecule has 0 radical (unpaired) electrons. The third kappa shape index (κ3) is 4.75. The molecule has 1 unspecified atom stereocenters. The average molecular weight is 451 g/mol. The Balaban J connectivity index is 1.44. The maximum Gasteiger partial charge on any atom is 0.269 e. The summed E-state index contributed by atoms with van der Waals surface area (Å²) in [6.45, 7) is 4.72. The average Bonchev–Trinajstić information content (AvgIpc) is 3.39. The normalized spacial score (nSPS) is 18.2. The largest absolute Gasteiger partial charge is 0.351 e. The van der Waals surface area contributed by atoms with Gasteiger partial charge in [-0.3, -0.25) is 14.6 Å². The van der Waals surface area contributed by atoms with Crippen molar-refractivity contribution in [3.63, 3.8) is 0 Å². The smallest absolute Gasteiger partial charge is 0.269 e. The van der Waals surface area contributed by atoms with Gasteiger partial charge < -0.3 is 5.32 Å². The predicted octanol–water partition coefficient (Wildman–Crippen LogP) is 4.67. The van der Waals surface area contributed by atoms with E-state index in [4.69, 9.17) is 11.6 Å². The fourth-order valence-corrected chi connectivity index (χ4v) is 4.80. The third-order valence-corrected chi connectivity index (χ3v) is 6.38. The van der Waals surface area contributed by atoms with Crippen LogP contribution in [0.25, 0.3) is 5.69 Å². The number of carbonyl (C=O) groups is 2. The molecule has 1 aromatic carbocycles. The molecule has 1 amide bonds. The minimum Gasteiger partial charge on any atom is -0.351 e. The molecule has 0 bridgehead atoms. The van der Waals surface area contributed by atoms with Crippen LogP contribution in [0.4, 0.5) is 0 Å². The van der Waals surface area contributed by atoms with E-state index in [1.54, 1.807) is 41.5 Å². The molecule has 1 aliphatic rings. The van der Waals surface area contributed by atoms with Gasteiger partial charge in [-0.2, -0.15) is 5.10 Å². The Labute approximate surface area is 193 Å². The molecule has 6 nitrogen and oxygen atoms in total. The van der Waals surface area contributed by atoms with Crippen molar-refractivity contribution in [3.8, 4) is 5.69 Å². The van der Waals surface area contributed by atoms with Crippen molar-refractivity contribution in [2.24, 2.45) is 5.92 Å². The first kappa shape index (κ1) is 22.2. The van der Waals surface area contributed by atoms with E-state index in [-0.39, 0.29) is 17.7 Å². The van der Waals surface area contributed by atoms with Gasteiger partial charge in [0.05, 0.1) is 16.9 Å². The molecule has 0 saturated heterocycles. The van der Waals surface area contributed by atoms with E-state index < -0.39 is 0 Å². The van der Waals surface area contributed by atoms with Crippen molar-refractivity contribution in [1.29, 1.82) is 0 Å². The lowest BCUT2D eigenvalue weighted by Gasteiger charge is -2.19. The molecule has 0 aliphatic heterocycles. The highest BCUT2D eigenvalue weighted by Crippen LogP contribution is 2.40. The number of Topliss-reactive ketones (excluding diaryl/α,β-unsaturated/α-hetero) is 1. The molecular formula is C25H27ClN4O2. The quantitative estimate of drug-likeness (QED) is 0.567. The van der Waals surface area contributed by atoms with E-state index in [9.17, 15) is 9.59 Å². The molecule has 4 rings (SSSR count). The van der Waals surface area contributed by atoms with E-state index >= 15 is 0 Å². The van der Waals surface area contributed by atoms with Crippen molar-refractivity contribution in [3.05, 3.63) is 76.3 Å². The number of hydrogen-bond donors (Lipinski definition) is 1. The van der Waals surface area contributed by atoms with E-state index in [2.05, 4.69) is 41.4 Å². The molecule has 1 aliphatic carbocycles. The molecule has 2 aromatic heterocycles. The topological polar surface area (TPSA) is 76.9 Å². The Morgan fingerprint density at radius 2 is 2.16 bits per heavy atom. The number of hydrogen-bond acceptors (Lipinski definition) is 4. The van der Waals surface area contributed by atoms with Gasteiger partial charge in [0.15, 0.2) is 0 Å². The lowest BCUT2D eigenvalue weighted by molar-refractivity contribution is -0.118. The minimum atomic E-state index is -0.176. The summed E-state index contributed by atoms with van der Waals surface area (Å²) in [6.07, 6.45) is 8.01. The second-order valence-electron chi connectivity index (χ2n) is 8.38. The van der Waals surface area contributed by atoms with Gasteiger partial charge in [-0.15, -0.1) is 0 Å². The van der Waals surface area contributed by atoms with Crippen molar-refractivity contribution in [1.82, 2.24) is 20.1 Å². The van der Waals surface area contributed by atoms with Gasteiger partial charge in [-0.05, 0) is 73.1 Å². The number of aromatic nitrogens is 3. The number of amides is 1. The highest BCUT2D eigenvalue weighted by Gasteiger charge is 2.35. The standard InChI is InChI=1S/C25H27ClN4O2/c1-3-18-13-20(30-15-19(26)14-29-30)10-16(2)24(18)21-11-17(12-23(21)31)7-9-28-25(32)22-6-4-5-8-27-22/h4-6,8,10,13-15,17,21H,3,7,9,11-12H2,1-2H3,(H,28,32)/t17-,21?/m1/s1. The fourth-order valence-electron chi connectivity index (χ4n) is 4.67. The first-order valence-electron chi connectivity index (χ1n) is 11.0. The molecule has 3 aromatic rings. The highest BCUT2D eigenvalue weighted by molar-refractivity contribution is 6.30. The van der Waals surface area contributed by atoms with Gasteiger partial charge in [0.1, 0.15) is 11.5 Å². The van der Waals surface area contributed by atoms with E-state index in [1.807, 2.05) is 0 Å². The monoisotopic (exact) mass is 450 g/mol. The van der Waals surface area contributed by atoms with Crippen LogP contribution in [0.1, 0.15) is 59.3 Å². The molecule has 2 atom stereocenters. The number of nitrogens with one attached hydrogen (secondary N) is 1. The Kier molecular flexibility index (Phi) is 6.70. The van der Waals surface area contributed by atoms with Crippen molar-refractivity contribution in [2.45, 2.75) is 45.4 Å². The number of aryl methyl sites for hydroxylation is 2. The summed E-state index contributed by atoms with van der Waals surface area (Å²) in [5.74, 6) is 0.297. The summed E-state index contributed by atoms with van der Waals surface area (Å²) >= 11 is 6.03. The Morgan fingerprint density at radius 1 is 1.31 bits per heavy atom. The lowest BCUT2D eigenvalue weighted by Crippen LogP contribution is -2.26. The molecular weight excluding hydrogens is 424 g/mol. The summed E-state index contributed by atoms with van der Waals surface area (Å²) in [7, 11) is 0. The van der Waals surface area contributed by atoms with Gasteiger partial charge in [-0.25, -0.2) is 4.68 Å². The molecule has 166 valence electrons. The van der Waals surface area contributed by atoms with Gasteiger partial charge >= 0.3 is 0 Å². The van der Waals surface area contributed by atoms with E-state index in [1.165, 1.54) is 5.56 Å². The first-order chi connectivity index (χ1) is 15.5. The zero-order chi connectivity index (χ0) is 22.7. The summed E-state index contributed by atoms with van der Waals surface area (Å²) in [5, 5.41) is 7.82. The van der Waals surface area contributed by atoms with Crippen LogP contribution in [0.15, 0.2) is 48.9 Å². The number of ketones is 1. The van der Waals surface area contributed by atoms with Gasteiger partial charge in [0, 0.05) is 31.3 Å². The number of pyridine rings is 1. The Morgan fingerprint density at radius 3 is 2.84 bits per heavy atom. The maximum absolute atomic E-state index is 12.9. The van der Waals surface area contributed by atoms with Gasteiger partial charge in [0.2, 0.25) is 0 Å². The van der Waals surface area contributed by atoms with Crippen molar-refractivity contribution in [2.75, 3.05) is 6.54 Å². The number of rotatable bonds is 7. The Hall–Kier alpha value is -2.99. The minimum absolute atomic E-state index is 0.0864. The number of benzene rings is 1. The summed E-state index contributed by atoms with van der Waals surface area (Å²) < 4.78 is 1.77. The summed E-state index contributed by atoms with van der Waals surface area (Å²) in [5.41, 5.74) is 4.80. The van der Waals surface area contributed by atoms with Crippen LogP contribution in [-0.4, -0.2) is 33.0 Å². The maximum atomic E-state index is 12.9. The number of halogens is 1. The SMILES string of the molecule is CCc1cc(-n2cc(Cl)cn2)cc(C)c1C1C[C@@H](CCNC(=O)c2ccccn2)CC1=O. The molecule has 32 heavy (non-hydrogen) atoms. The van der Waals surface area contributed by atoms with Gasteiger partial charge in [0.25, 0.3) is 5.91 Å². The van der Waals surface area contributed by atoms with Crippen LogP contribution in [0.5, 0.6) is 0 Å². The zero-order valence-corrected chi connectivity index (χ0v) is 19.1. The first-order valence-corrected chi connectivity index (χ1v) is 11.4. The lowest BCUT2D eigenvalue weighted by atomic mass is 9.86. The molecule has 7 heteroatoms. The molecule has 2 heterocycles. The van der Waals surface area contributed by atoms with Crippen LogP contribution < -0.4 is 5.32 Å². The molecule has 1 N–H and O–H groups in total. The molecule has 0 spiro atoms. The van der Waals surface area contributed by atoms with Crippen LogP contribution in [0.2, 0.25) is 5.02 Å². The fraction of sp³-hybridized carbons (Fsp3) is 0.360. The Bertz CT molecular complexity index is 1130. The van der Waals surface area contributed by atoms with Crippen LogP contribution in [0, 0.1) is 12.8 Å². The zero-order valence-electron chi connectivity index (χ0n) is 18.3. The van der Waals surface area contributed by atoms with Gasteiger partial charge in [-0.1, -0.05) is 24.6 Å². The predicted molar refractivity (Wildman–Crippen MR) is 124 cm³/mol. The highest BCUT2D eigenvalue weighted by atomic mass is 35.5. The van der Waals surface area contributed by atoms with Crippen molar-refractivity contribution >= 4 is 23.3 Å². The van der Waals surface area contributed by atoms with E-state index in [0.29, 0.717) is 29.5 Å². The van der Waals surface area contributed by atoms with E-state index in [0.717, 1.165) is 36.1 Å². The molecule has 1 fully saturated rings. The number of nitrogens with zero attached hydrogens (tertiary/aromatic N) is 3. The van der Waals surface area contributed by atoms with Crippen LogP contribution >= 0.6 is 11.6 Å². The molecule has 1 saturated carbocycles. The second-order valence-corrected chi connectivity index (χ2v) is 8.81. The second kappa shape index (κ2) is 9.65. The van der Waals surface area contributed by atoms with Crippen molar-refractivity contribution < 1.29 is 9.59 Å². The number of carbonyl (C=O) groups excluding carboxylic acids is 2. The summed E-state index contributed by atoms with van der Waals surface area (Å²) in [4.78, 5) is 29.2. The summed E-state index contributed by atoms with van der Waals surface area (Å²) in [6, 6.07) is 9.46. The third-order valence-electron chi connectivity index (χ3n) is 6.19.